The Bertz CT molecular complexity index is 1490. The number of hydrogen-bond acceptors (Lipinski definition) is 15. The Kier molecular flexibility index (Phi) is 37.3. The molecule has 2 aliphatic rings. The maximum atomic E-state index is 13.0. The summed E-state index contributed by atoms with van der Waals surface area (Å²) in [5, 5.41) is 72.1. The average molecular weight is 993 g/mol. The number of allylic oxidation sites excluding steroid dienone is 12. The molecule has 0 aliphatic carbocycles. The lowest BCUT2D eigenvalue weighted by atomic mass is 9.98. The molecule has 0 spiro atoms. The first kappa shape index (κ1) is 63.1. The second-order valence-electron chi connectivity index (χ2n) is 18.3. The van der Waals surface area contributed by atoms with Crippen LogP contribution in [0.5, 0.6) is 0 Å². The molecule has 15 heteroatoms. The topological polar surface area (TPSA) is 231 Å². The molecular weight excluding hydrogens is 901 g/mol. The molecule has 0 bridgehead atoms. The van der Waals surface area contributed by atoms with E-state index in [0.717, 1.165) is 64.2 Å². The smallest absolute Gasteiger partial charge is 0.306 e. The molecule has 70 heavy (non-hydrogen) atoms. The molecule has 2 rings (SSSR count). The van der Waals surface area contributed by atoms with Gasteiger partial charge in [-0.2, -0.15) is 0 Å². The van der Waals surface area contributed by atoms with Crippen LogP contribution >= 0.6 is 0 Å². The highest BCUT2D eigenvalue weighted by molar-refractivity contribution is 5.70. The van der Waals surface area contributed by atoms with Gasteiger partial charge in [-0.1, -0.05) is 157 Å². The van der Waals surface area contributed by atoms with E-state index in [-0.39, 0.29) is 19.4 Å². The molecule has 2 saturated heterocycles. The monoisotopic (exact) mass is 993 g/mol. The molecule has 7 N–H and O–H groups in total. The van der Waals surface area contributed by atoms with E-state index in [2.05, 4.69) is 80.7 Å². The highest BCUT2D eigenvalue weighted by Crippen LogP contribution is 2.26. The van der Waals surface area contributed by atoms with Crippen molar-refractivity contribution in [1.82, 2.24) is 0 Å². The summed E-state index contributed by atoms with van der Waals surface area (Å²) in [6.07, 6.45) is 32.2. The van der Waals surface area contributed by atoms with Gasteiger partial charge < -0.3 is 64.2 Å². The first-order valence-corrected chi connectivity index (χ1v) is 26.5. The van der Waals surface area contributed by atoms with Crippen molar-refractivity contribution in [2.45, 2.75) is 235 Å². The molecule has 4 unspecified atom stereocenters. The van der Waals surface area contributed by atoms with Crippen LogP contribution < -0.4 is 0 Å². The third-order valence-corrected chi connectivity index (χ3v) is 12.2. The van der Waals surface area contributed by atoms with E-state index in [4.69, 9.17) is 28.4 Å². The number of aliphatic hydroxyl groups is 7. The van der Waals surface area contributed by atoms with Crippen LogP contribution in [0.1, 0.15) is 168 Å². The van der Waals surface area contributed by atoms with E-state index in [1.54, 1.807) is 0 Å². The summed E-state index contributed by atoms with van der Waals surface area (Å²) in [5.41, 5.74) is 0. The zero-order valence-corrected chi connectivity index (χ0v) is 42.5. The minimum atomic E-state index is -1.78. The van der Waals surface area contributed by atoms with Gasteiger partial charge in [0, 0.05) is 12.8 Å². The van der Waals surface area contributed by atoms with E-state index < -0.39 is 99.3 Å². The molecule has 0 amide bonds. The maximum absolute atomic E-state index is 13.0. The first-order valence-electron chi connectivity index (χ1n) is 26.5. The van der Waals surface area contributed by atoms with E-state index in [9.17, 15) is 45.3 Å². The molecule has 15 nitrogen and oxygen atoms in total. The Hall–Kier alpha value is -3.06. The lowest BCUT2D eigenvalue weighted by Gasteiger charge is -2.42. The fraction of sp³-hybridized carbons (Fsp3) is 0.745. The first-order chi connectivity index (χ1) is 34.0. The van der Waals surface area contributed by atoms with Crippen molar-refractivity contribution in [2.24, 2.45) is 0 Å². The van der Waals surface area contributed by atoms with E-state index >= 15 is 0 Å². The quantitative estimate of drug-likeness (QED) is 0.0176. The van der Waals surface area contributed by atoms with E-state index in [1.165, 1.54) is 64.2 Å². The zero-order chi connectivity index (χ0) is 51.0. The molecule has 0 radical (unpaired) electrons. The molecule has 0 aromatic rings. The summed E-state index contributed by atoms with van der Waals surface area (Å²) in [6.45, 7) is 2.39. The van der Waals surface area contributed by atoms with Crippen molar-refractivity contribution in [1.29, 1.82) is 0 Å². The van der Waals surface area contributed by atoms with Gasteiger partial charge in [-0.25, -0.2) is 0 Å². The van der Waals surface area contributed by atoms with Gasteiger partial charge in [0.25, 0.3) is 0 Å². The molecule has 2 fully saturated rings. The zero-order valence-electron chi connectivity index (χ0n) is 42.5. The summed E-state index contributed by atoms with van der Waals surface area (Å²) in [7, 11) is 0. The summed E-state index contributed by atoms with van der Waals surface area (Å²) >= 11 is 0. The Labute approximate surface area is 419 Å². The molecule has 11 atom stereocenters. The SMILES string of the molecule is CC/C=C/C/C=C/C/C=C/C/C=C/C/C=C/CCCCCC(=O)O[C@H](COC(=O)CC/C=C/CCCCCCCCCCCCC)CO[C@H]1O[C@@H](CO[C@H]2O[C@@H](CO)[C@@H](O)C(O)C2O)[C@@H](O)C(O)C1O. The number of aliphatic hydroxyl groups excluding tert-OH is 7. The van der Waals surface area contributed by atoms with E-state index in [1.807, 2.05) is 6.08 Å². The van der Waals surface area contributed by atoms with Crippen LogP contribution in [0.3, 0.4) is 0 Å². The van der Waals surface area contributed by atoms with Crippen LogP contribution in [0.2, 0.25) is 0 Å². The predicted octanol–water partition coefficient (Wildman–Crippen LogP) is 7.82. The highest BCUT2D eigenvalue weighted by atomic mass is 16.7. The number of carbonyl (C=O) groups excluding carboxylic acids is 2. The number of rotatable bonds is 40. The van der Waals surface area contributed by atoms with Gasteiger partial charge in [0.15, 0.2) is 18.7 Å². The third kappa shape index (κ3) is 28.8. The molecular formula is C55H92O15. The molecule has 0 saturated carbocycles. The number of unbranched alkanes of at least 4 members (excludes halogenated alkanes) is 14. The van der Waals surface area contributed by atoms with Crippen LogP contribution in [-0.4, -0.2) is 142 Å². The van der Waals surface area contributed by atoms with Gasteiger partial charge in [-0.15, -0.1) is 0 Å². The van der Waals surface area contributed by atoms with Crippen LogP contribution in [0, 0.1) is 0 Å². The van der Waals surface area contributed by atoms with Gasteiger partial charge in [0.2, 0.25) is 0 Å². The van der Waals surface area contributed by atoms with E-state index in [0.29, 0.717) is 12.8 Å². The molecule has 0 aromatic carbocycles. The van der Waals surface area contributed by atoms with Crippen LogP contribution in [0.4, 0.5) is 0 Å². The van der Waals surface area contributed by atoms with Crippen molar-refractivity contribution in [3.63, 3.8) is 0 Å². The summed E-state index contributed by atoms with van der Waals surface area (Å²) in [5.74, 6) is -1.02. The second kappa shape index (κ2) is 41.4. The Morgan fingerprint density at radius 2 is 0.929 bits per heavy atom. The Balaban J connectivity index is 1.83. The van der Waals surface area contributed by atoms with Crippen molar-refractivity contribution < 1.29 is 73.8 Å². The fourth-order valence-electron chi connectivity index (χ4n) is 7.85. The second-order valence-corrected chi connectivity index (χ2v) is 18.3. The highest BCUT2D eigenvalue weighted by Gasteiger charge is 2.47. The van der Waals surface area contributed by atoms with Crippen LogP contribution in [-0.2, 0) is 38.0 Å². The van der Waals surface area contributed by atoms with Crippen LogP contribution in [0.25, 0.3) is 0 Å². The number of hydrogen-bond donors (Lipinski definition) is 7. The summed E-state index contributed by atoms with van der Waals surface area (Å²) in [4.78, 5) is 25.8. The summed E-state index contributed by atoms with van der Waals surface area (Å²) < 4.78 is 33.5. The fourth-order valence-corrected chi connectivity index (χ4v) is 7.85. The minimum Gasteiger partial charge on any atom is -0.462 e. The Morgan fingerprint density at radius 1 is 0.471 bits per heavy atom. The lowest BCUT2D eigenvalue weighted by Crippen LogP contribution is -2.61. The maximum Gasteiger partial charge on any atom is 0.306 e. The lowest BCUT2D eigenvalue weighted by molar-refractivity contribution is -0.332. The van der Waals surface area contributed by atoms with Gasteiger partial charge in [0.05, 0.1) is 19.8 Å². The standard InChI is InChI=1S/C55H92O15/c1-3-5-7-9-11-13-15-17-19-20-21-22-24-26-28-30-32-34-36-38-47(58)68-43(40-65-46(57)37-35-33-31-29-27-25-23-18-16-14-12-10-8-6-4-2)41-66-54-53(64)51(62)49(60)45(70-54)42-67-55-52(63)50(61)48(59)44(39-56)69-55/h5,7,11,13,17,19,21-22,26,28,31,33,43-45,48-56,59-64H,3-4,6,8-10,12,14-16,18,20,23-25,27,29-30,32,34-42H2,1-2H3/b7-5+,13-11+,19-17+,22-21+,28-26+,33-31+/t43-,44+,45+,48-,49-,50?,51?,52?,53?,54+,55+/m1/s1. The van der Waals surface area contributed by atoms with Gasteiger partial charge >= 0.3 is 11.9 Å². The van der Waals surface area contributed by atoms with Crippen LogP contribution in [0.15, 0.2) is 72.9 Å². The number of carbonyl (C=O) groups is 2. The van der Waals surface area contributed by atoms with Gasteiger partial charge in [-0.05, 0) is 70.6 Å². The third-order valence-electron chi connectivity index (χ3n) is 12.2. The van der Waals surface area contributed by atoms with Crippen molar-refractivity contribution >= 4 is 11.9 Å². The minimum absolute atomic E-state index is 0.116. The van der Waals surface area contributed by atoms with Crippen molar-refractivity contribution in [3.05, 3.63) is 72.9 Å². The Morgan fingerprint density at radius 3 is 1.49 bits per heavy atom. The van der Waals surface area contributed by atoms with Gasteiger partial charge in [0.1, 0.15) is 55.4 Å². The van der Waals surface area contributed by atoms with Gasteiger partial charge in [-0.3, -0.25) is 9.59 Å². The molecule has 0 aromatic heterocycles. The molecule has 402 valence electrons. The molecule has 2 aliphatic heterocycles. The van der Waals surface area contributed by atoms with Crippen molar-refractivity contribution in [2.75, 3.05) is 26.4 Å². The molecule has 2 heterocycles. The number of ether oxygens (including phenoxy) is 6. The summed E-state index contributed by atoms with van der Waals surface area (Å²) in [6, 6.07) is 0. The van der Waals surface area contributed by atoms with Crippen molar-refractivity contribution in [3.8, 4) is 0 Å². The average Bonchev–Trinajstić information content (AvgIpc) is 3.35. The number of esters is 2. The largest absolute Gasteiger partial charge is 0.462 e. The predicted molar refractivity (Wildman–Crippen MR) is 270 cm³/mol. The normalized spacial score (nSPS) is 26.0.